The van der Waals surface area contributed by atoms with Crippen LogP contribution in [0.3, 0.4) is 0 Å². The van der Waals surface area contributed by atoms with E-state index in [1.54, 1.807) is 0 Å². The first-order valence-electron chi connectivity index (χ1n) is 12.0. The molecule has 0 aliphatic heterocycles. The Labute approximate surface area is 270 Å². The van der Waals surface area contributed by atoms with Crippen molar-refractivity contribution in [3.05, 3.63) is 0 Å². The van der Waals surface area contributed by atoms with Gasteiger partial charge in [-0.1, -0.05) is 154 Å². The van der Waals surface area contributed by atoms with Gasteiger partial charge >= 0.3 is 0 Å². The smallest absolute Gasteiger partial charge is 0.0533 e. The van der Waals surface area contributed by atoms with Gasteiger partial charge in [-0.25, -0.2) is 0 Å². The predicted molar refractivity (Wildman–Crippen MR) is 183 cm³/mol. The molecule has 31 heavy (non-hydrogen) atoms. The van der Waals surface area contributed by atoms with Crippen LogP contribution in [0, 0.1) is 0 Å². The summed E-state index contributed by atoms with van der Waals surface area (Å²) in [6, 6.07) is 0. The molecule has 2 rings (SSSR count). The third kappa shape index (κ3) is 43.8. The molecule has 0 atom stereocenters. The highest BCUT2D eigenvalue weighted by atomic mass is 79.9. The summed E-state index contributed by atoms with van der Waals surface area (Å²) >= 11 is 0. The lowest BCUT2D eigenvalue weighted by atomic mass is 10.0. The zero-order valence-corrected chi connectivity index (χ0v) is 31.8. The van der Waals surface area contributed by atoms with Gasteiger partial charge in [-0.15, -0.1) is 119 Å². The Bertz CT molecular complexity index is 134. The molecule has 0 N–H and O–H groups in total. The first-order chi connectivity index (χ1) is 12.0. The maximum Gasteiger partial charge on any atom is -0.0533 e. The van der Waals surface area contributed by atoms with Crippen LogP contribution in [0.2, 0.25) is 0 Å². The summed E-state index contributed by atoms with van der Waals surface area (Å²) in [6.45, 7) is 0. The minimum absolute atomic E-state index is 0. The minimum Gasteiger partial charge on any atom is -0.114 e. The summed E-state index contributed by atoms with van der Waals surface area (Å²) in [7, 11) is 0. The Morgan fingerprint density at radius 2 is 0.129 bits per heavy atom. The average molecular weight is 903 g/mol. The van der Waals surface area contributed by atoms with Gasteiger partial charge in [0, 0.05) is 0 Å². The van der Waals surface area contributed by atoms with E-state index in [1.807, 2.05) is 0 Å². The third-order valence-electron chi connectivity index (χ3n) is 6.00. The molecule has 0 aromatic carbocycles. The van der Waals surface area contributed by atoms with E-state index < -0.39 is 0 Å². The first kappa shape index (κ1) is 51.1. The Balaban J connectivity index is -0.0000000606. The highest BCUT2D eigenvalue weighted by Crippen LogP contribution is 2.17. The fraction of sp³-hybridized carbons (Fsp3) is 1.00. The largest absolute Gasteiger partial charge is 0.114 e. The molecule has 0 aromatic heterocycles. The fourth-order valence-electron chi connectivity index (χ4n) is 4.24. The van der Waals surface area contributed by atoms with E-state index in [2.05, 4.69) is 0 Å². The standard InChI is InChI=1S/2C12H24.7BrH/c2*1-2-4-6-8-10-12-11-9-7-5-3-1;;;;;;;/h2*1-12H2;7*1H. The molecule has 2 saturated carbocycles. The molecular formula is C24H55Br7. The van der Waals surface area contributed by atoms with Crippen molar-refractivity contribution in [3.8, 4) is 0 Å². The summed E-state index contributed by atoms with van der Waals surface area (Å²) < 4.78 is 0. The molecule has 7 heteroatoms. The van der Waals surface area contributed by atoms with Crippen LogP contribution in [0.25, 0.3) is 0 Å². The van der Waals surface area contributed by atoms with Crippen molar-refractivity contribution in [2.75, 3.05) is 0 Å². The van der Waals surface area contributed by atoms with Crippen molar-refractivity contribution in [3.63, 3.8) is 0 Å². The van der Waals surface area contributed by atoms with Crippen molar-refractivity contribution >= 4 is 119 Å². The molecule has 200 valence electrons. The zero-order chi connectivity index (χ0) is 17.0. The summed E-state index contributed by atoms with van der Waals surface area (Å²) in [5.41, 5.74) is 0. The molecule has 0 saturated heterocycles. The molecule has 2 aliphatic carbocycles. The maximum absolute atomic E-state index is 1.50. The average Bonchev–Trinajstić information content (AvgIpc) is 2.56. The van der Waals surface area contributed by atoms with Gasteiger partial charge in [0.15, 0.2) is 0 Å². The second-order valence-corrected chi connectivity index (χ2v) is 8.49. The molecule has 2 fully saturated rings. The predicted octanol–water partition coefficient (Wildman–Crippen LogP) is 13.4. The van der Waals surface area contributed by atoms with Crippen molar-refractivity contribution in [2.45, 2.75) is 154 Å². The van der Waals surface area contributed by atoms with E-state index in [9.17, 15) is 0 Å². The molecule has 0 spiro atoms. The topological polar surface area (TPSA) is 0 Å². The van der Waals surface area contributed by atoms with Gasteiger partial charge in [0.1, 0.15) is 0 Å². The van der Waals surface area contributed by atoms with Crippen LogP contribution in [-0.2, 0) is 0 Å². The summed E-state index contributed by atoms with van der Waals surface area (Å²) in [5.74, 6) is 0. The molecule has 2 aliphatic rings. The molecule has 0 radical (unpaired) electrons. The van der Waals surface area contributed by atoms with Crippen LogP contribution < -0.4 is 0 Å². The monoisotopic (exact) mass is 896 g/mol. The van der Waals surface area contributed by atoms with Gasteiger partial charge in [0.05, 0.1) is 0 Å². The van der Waals surface area contributed by atoms with Crippen LogP contribution >= 0.6 is 119 Å². The maximum atomic E-state index is 1.50. The van der Waals surface area contributed by atoms with Crippen LogP contribution in [0.4, 0.5) is 0 Å². The Morgan fingerprint density at radius 3 is 0.161 bits per heavy atom. The van der Waals surface area contributed by atoms with E-state index >= 15 is 0 Å². The van der Waals surface area contributed by atoms with Crippen LogP contribution in [-0.4, -0.2) is 0 Å². The van der Waals surface area contributed by atoms with Gasteiger partial charge in [0.2, 0.25) is 0 Å². The Kier molecular flexibility index (Phi) is 76.9. The molecule has 0 nitrogen and oxygen atoms in total. The van der Waals surface area contributed by atoms with E-state index in [0.29, 0.717) is 0 Å². The molecular weight excluding hydrogens is 848 g/mol. The Morgan fingerprint density at radius 1 is 0.0968 bits per heavy atom. The van der Waals surface area contributed by atoms with Gasteiger partial charge in [-0.05, 0) is 0 Å². The van der Waals surface area contributed by atoms with Crippen LogP contribution in [0.15, 0.2) is 0 Å². The first-order valence-corrected chi connectivity index (χ1v) is 12.0. The van der Waals surface area contributed by atoms with Gasteiger partial charge < -0.3 is 0 Å². The number of halogens is 7. The van der Waals surface area contributed by atoms with Gasteiger partial charge in [0.25, 0.3) is 0 Å². The fourth-order valence-corrected chi connectivity index (χ4v) is 4.24. The summed E-state index contributed by atoms with van der Waals surface area (Å²) in [6.07, 6.45) is 36.0. The molecule has 0 unspecified atom stereocenters. The van der Waals surface area contributed by atoms with Gasteiger partial charge in [-0.2, -0.15) is 0 Å². The van der Waals surface area contributed by atoms with E-state index in [-0.39, 0.29) is 119 Å². The lowest BCUT2D eigenvalue weighted by molar-refractivity contribution is 0.504. The van der Waals surface area contributed by atoms with Crippen molar-refractivity contribution in [2.24, 2.45) is 0 Å². The molecule has 0 amide bonds. The number of rotatable bonds is 0. The lowest BCUT2D eigenvalue weighted by Crippen LogP contribution is -1.85. The summed E-state index contributed by atoms with van der Waals surface area (Å²) in [5, 5.41) is 0. The molecule has 0 heterocycles. The number of hydrogen-bond acceptors (Lipinski definition) is 0. The second kappa shape index (κ2) is 46.7. The molecule has 0 aromatic rings. The number of hydrogen-bond donors (Lipinski definition) is 0. The highest BCUT2D eigenvalue weighted by molar-refractivity contribution is 8.93. The van der Waals surface area contributed by atoms with Crippen molar-refractivity contribution in [1.29, 1.82) is 0 Å². The van der Waals surface area contributed by atoms with Crippen LogP contribution in [0.5, 0.6) is 0 Å². The quantitative estimate of drug-likeness (QED) is 0.227. The summed E-state index contributed by atoms with van der Waals surface area (Å²) in [4.78, 5) is 0. The van der Waals surface area contributed by atoms with E-state index in [1.165, 1.54) is 154 Å². The zero-order valence-electron chi connectivity index (χ0n) is 19.8. The van der Waals surface area contributed by atoms with E-state index in [0.717, 1.165) is 0 Å². The van der Waals surface area contributed by atoms with Crippen molar-refractivity contribution < 1.29 is 0 Å². The van der Waals surface area contributed by atoms with Gasteiger partial charge in [-0.3, -0.25) is 0 Å². The highest BCUT2D eigenvalue weighted by Gasteiger charge is 1.97. The molecule has 0 bridgehead atoms. The normalized spacial score (nSPS) is 18.6. The van der Waals surface area contributed by atoms with E-state index in [4.69, 9.17) is 0 Å². The van der Waals surface area contributed by atoms with Crippen LogP contribution in [0.1, 0.15) is 154 Å². The Hall–Kier alpha value is 3.36. The minimum atomic E-state index is 0. The second-order valence-electron chi connectivity index (χ2n) is 8.49. The van der Waals surface area contributed by atoms with Crippen molar-refractivity contribution in [1.82, 2.24) is 0 Å². The SMILES string of the molecule is Br.Br.Br.Br.Br.Br.Br.C1CCCCCCCCCCC1.C1CCCCCCCCCCC1. The lowest BCUT2D eigenvalue weighted by Gasteiger charge is -2.05. The third-order valence-corrected chi connectivity index (χ3v) is 6.00.